The number of nitrogens with one attached hydrogen (secondary N) is 1. The van der Waals surface area contributed by atoms with E-state index in [9.17, 15) is 13.6 Å². The molecule has 5 nitrogen and oxygen atoms in total. The molecule has 30 heavy (non-hydrogen) atoms. The smallest absolute Gasteiger partial charge is 0.251 e. The molecule has 1 fully saturated rings. The lowest BCUT2D eigenvalue weighted by Crippen LogP contribution is -2.47. The Morgan fingerprint density at radius 2 is 2.07 bits per heavy atom. The van der Waals surface area contributed by atoms with Crippen LogP contribution in [0.1, 0.15) is 28.9 Å². The summed E-state index contributed by atoms with van der Waals surface area (Å²) in [5.74, 6) is -1.34. The molecule has 8 heteroatoms. The summed E-state index contributed by atoms with van der Waals surface area (Å²) in [7, 11) is 3.45. The molecule has 1 amide bonds. The van der Waals surface area contributed by atoms with Gasteiger partial charge in [-0.15, -0.1) is 0 Å². The van der Waals surface area contributed by atoms with Gasteiger partial charge in [-0.3, -0.25) is 9.69 Å². The third kappa shape index (κ3) is 5.09. The van der Waals surface area contributed by atoms with Crippen LogP contribution in [-0.4, -0.2) is 57.2 Å². The number of nitrogens with zero attached hydrogens (tertiary/aromatic N) is 2. The second-order valence-electron chi connectivity index (χ2n) is 7.60. The van der Waals surface area contributed by atoms with Crippen molar-refractivity contribution in [3.05, 3.63) is 64.2 Å². The van der Waals surface area contributed by atoms with Gasteiger partial charge in [0.25, 0.3) is 5.91 Å². The van der Waals surface area contributed by atoms with Gasteiger partial charge in [0.05, 0.1) is 24.4 Å². The van der Waals surface area contributed by atoms with Gasteiger partial charge in [-0.2, -0.15) is 0 Å². The van der Waals surface area contributed by atoms with Gasteiger partial charge < -0.3 is 15.0 Å². The highest BCUT2D eigenvalue weighted by atomic mass is 35.5. The zero-order chi connectivity index (χ0) is 21.8. The second-order valence-corrected chi connectivity index (χ2v) is 8.01. The molecule has 0 aliphatic carbocycles. The number of morpholine rings is 1. The van der Waals surface area contributed by atoms with E-state index in [1.807, 2.05) is 6.92 Å². The Labute approximate surface area is 180 Å². The Bertz CT molecular complexity index is 890. The topological polar surface area (TPSA) is 44.8 Å². The van der Waals surface area contributed by atoms with Gasteiger partial charge in [-0.1, -0.05) is 17.7 Å². The third-order valence-electron chi connectivity index (χ3n) is 5.19. The first-order valence-corrected chi connectivity index (χ1v) is 10.2. The molecule has 0 bridgehead atoms. The Morgan fingerprint density at radius 1 is 1.30 bits per heavy atom. The highest BCUT2D eigenvalue weighted by Crippen LogP contribution is 2.31. The molecular formula is C22H26ClF2N3O2. The number of hydrogen-bond acceptors (Lipinski definition) is 4. The Balaban J connectivity index is 1.81. The van der Waals surface area contributed by atoms with Gasteiger partial charge in [0.1, 0.15) is 11.6 Å². The van der Waals surface area contributed by atoms with Crippen LogP contribution in [-0.2, 0) is 4.74 Å². The molecule has 162 valence electrons. The molecule has 1 aliphatic rings. The van der Waals surface area contributed by atoms with Crippen molar-refractivity contribution in [1.82, 2.24) is 10.2 Å². The standard InChI is InChI=1S/C22H26ClF2N3O2/c1-14-13-28(9-10-30-14)20(21-16(23)5-4-6-17(21)24)12-26-22(29)15-7-8-19(27(2)3)18(25)11-15/h4-8,11,14,20H,9-10,12-13H2,1-3H3,(H,26,29). The number of amides is 1. The number of carbonyl (C=O) groups is 1. The van der Waals surface area contributed by atoms with Crippen LogP contribution in [0.25, 0.3) is 0 Å². The molecule has 0 radical (unpaired) electrons. The van der Waals surface area contributed by atoms with Crippen LogP contribution in [0, 0.1) is 11.6 Å². The number of anilines is 1. The number of rotatable bonds is 6. The molecule has 1 heterocycles. The number of carbonyl (C=O) groups excluding carboxylic acids is 1. The summed E-state index contributed by atoms with van der Waals surface area (Å²) in [6.45, 7) is 3.75. The van der Waals surface area contributed by atoms with Crippen molar-refractivity contribution in [2.45, 2.75) is 19.1 Å². The van der Waals surface area contributed by atoms with E-state index >= 15 is 0 Å². The highest BCUT2D eigenvalue weighted by molar-refractivity contribution is 6.31. The summed E-state index contributed by atoms with van der Waals surface area (Å²) in [5, 5.41) is 3.11. The van der Waals surface area contributed by atoms with Crippen LogP contribution < -0.4 is 10.2 Å². The van der Waals surface area contributed by atoms with E-state index in [2.05, 4.69) is 10.2 Å². The lowest BCUT2D eigenvalue weighted by Gasteiger charge is -2.38. The minimum absolute atomic E-state index is 0.0184. The fourth-order valence-corrected chi connectivity index (χ4v) is 3.96. The van der Waals surface area contributed by atoms with E-state index < -0.39 is 23.6 Å². The lowest BCUT2D eigenvalue weighted by atomic mass is 10.0. The van der Waals surface area contributed by atoms with Crippen LogP contribution >= 0.6 is 11.6 Å². The van der Waals surface area contributed by atoms with E-state index in [0.717, 1.165) is 0 Å². The van der Waals surface area contributed by atoms with Crippen LogP contribution in [0.3, 0.4) is 0 Å². The van der Waals surface area contributed by atoms with Gasteiger partial charge in [-0.25, -0.2) is 8.78 Å². The maximum Gasteiger partial charge on any atom is 0.251 e. The number of hydrogen-bond donors (Lipinski definition) is 1. The van der Waals surface area contributed by atoms with Crippen molar-refractivity contribution in [3.63, 3.8) is 0 Å². The average Bonchev–Trinajstić information content (AvgIpc) is 2.69. The molecule has 1 saturated heterocycles. The van der Waals surface area contributed by atoms with Crippen LogP contribution in [0.5, 0.6) is 0 Å². The predicted octanol–water partition coefficient (Wildman–Crippen LogP) is 3.88. The monoisotopic (exact) mass is 437 g/mol. The molecular weight excluding hydrogens is 412 g/mol. The molecule has 0 saturated carbocycles. The molecule has 1 N–H and O–H groups in total. The fraction of sp³-hybridized carbons (Fsp3) is 0.409. The van der Waals surface area contributed by atoms with E-state index in [0.29, 0.717) is 36.0 Å². The van der Waals surface area contributed by atoms with Crippen LogP contribution in [0.4, 0.5) is 14.5 Å². The number of halogens is 3. The van der Waals surface area contributed by atoms with Crippen molar-refractivity contribution >= 4 is 23.2 Å². The average molecular weight is 438 g/mol. The lowest BCUT2D eigenvalue weighted by molar-refractivity contribution is -0.0346. The van der Waals surface area contributed by atoms with Gasteiger partial charge in [0, 0.05) is 49.9 Å². The first-order chi connectivity index (χ1) is 14.3. The van der Waals surface area contributed by atoms with E-state index in [-0.39, 0.29) is 18.2 Å². The van der Waals surface area contributed by atoms with Crippen molar-refractivity contribution in [1.29, 1.82) is 0 Å². The Kier molecular flexibility index (Phi) is 7.28. The van der Waals surface area contributed by atoms with Crippen LogP contribution in [0.2, 0.25) is 5.02 Å². The Hall–Kier alpha value is -2.22. The molecule has 0 aromatic heterocycles. The van der Waals surface area contributed by atoms with Crippen molar-refractivity contribution in [3.8, 4) is 0 Å². The minimum atomic E-state index is -0.483. The summed E-state index contributed by atoms with van der Waals surface area (Å²) in [6, 6.07) is 8.39. The first-order valence-electron chi connectivity index (χ1n) is 9.82. The van der Waals surface area contributed by atoms with Gasteiger partial charge in [0.2, 0.25) is 0 Å². The largest absolute Gasteiger partial charge is 0.376 e. The molecule has 2 unspecified atom stereocenters. The summed E-state index contributed by atoms with van der Waals surface area (Å²) >= 11 is 6.32. The maximum atomic E-state index is 14.7. The molecule has 1 aliphatic heterocycles. The fourth-order valence-electron chi connectivity index (χ4n) is 3.67. The van der Waals surface area contributed by atoms with Gasteiger partial charge in [0.15, 0.2) is 0 Å². The molecule has 3 rings (SSSR count). The number of benzene rings is 2. The van der Waals surface area contributed by atoms with Crippen molar-refractivity contribution < 1.29 is 18.3 Å². The second kappa shape index (κ2) is 9.73. The zero-order valence-corrected chi connectivity index (χ0v) is 18.0. The van der Waals surface area contributed by atoms with E-state index in [1.54, 1.807) is 43.3 Å². The molecule has 2 aromatic rings. The summed E-state index contributed by atoms with van der Waals surface area (Å²) in [6.07, 6.45) is -0.0184. The van der Waals surface area contributed by atoms with Crippen molar-refractivity contribution in [2.24, 2.45) is 0 Å². The minimum Gasteiger partial charge on any atom is -0.376 e. The molecule has 0 spiro atoms. The summed E-state index contributed by atoms with van der Waals surface area (Å²) < 4.78 is 34.5. The van der Waals surface area contributed by atoms with Gasteiger partial charge in [-0.05, 0) is 37.3 Å². The zero-order valence-electron chi connectivity index (χ0n) is 17.3. The van der Waals surface area contributed by atoms with Crippen molar-refractivity contribution in [2.75, 3.05) is 45.2 Å². The summed E-state index contributed by atoms with van der Waals surface area (Å²) in [5.41, 5.74) is 0.930. The SMILES string of the molecule is CC1CN(C(CNC(=O)c2ccc(N(C)C)c(F)c2)c2c(F)cccc2Cl)CCO1. The first kappa shape index (κ1) is 22.5. The van der Waals surface area contributed by atoms with E-state index in [4.69, 9.17) is 16.3 Å². The highest BCUT2D eigenvalue weighted by Gasteiger charge is 2.29. The number of ether oxygens (including phenoxy) is 1. The summed E-state index contributed by atoms with van der Waals surface area (Å²) in [4.78, 5) is 16.4. The predicted molar refractivity (Wildman–Crippen MR) is 114 cm³/mol. The van der Waals surface area contributed by atoms with Gasteiger partial charge >= 0.3 is 0 Å². The third-order valence-corrected chi connectivity index (χ3v) is 5.52. The maximum absolute atomic E-state index is 14.7. The Morgan fingerprint density at radius 3 is 2.70 bits per heavy atom. The molecule has 2 aromatic carbocycles. The normalized spacial score (nSPS) is 18.1. The molecule has 2 atom stereocenters. The van der Waals surface area contributed by atoms with E-state index in [1.165, 1.54) is 12.1 Å². The quantitative estimate of drug-likeness (QED) is 0.745. The van der Waals surface area contributed by atoms with Crippen LogP contribution in [0.15, 0.2) is 36.4 Å².